The molecule has 0 saturated carbocycles. The van der Waals surface area contributed by atoms with Gasteiger partial charge in [0.15, 0.2) is 5.95 Å². The normalized spacial score (nSPS) is 18.9. The number of rotatable bonds is 28. The summed E-state index contributed by atoms with van der Waals surface area (Å²) in [5.41, 5.74) is 0.689. The molecule has 41 heteroatoms. The van der Waals surface area contributed by atoms with E-state index in [1.807, 2.05) is 4.90 Å². The number of H-pyrrole nitrogens is 1. The number of amides is 5. The van der Waals surface area contributed by atoms with Crippen molar-refractivity contribution in [1.82, 2.24) is 65.4 Å². The van der Waals surface area contributed by atoms with Gasteiger partial charge in [0.25, 0.3) is 5.91 Å². The Morgan fingerprint density at radius 2 is 1.27 bits per heavy atom. The molecular formula is C54H77InN14O23S3. The number of benzene rings is 2. The number of imidazole rings is 1. The molecule has 5 heterocycles. The van der Waals surface area contributed by atoms with Crippen molar-refractivity contribution in [2.45, 2.75) is 56.3 Å². The number of hydrogen-bond acceptors (Lipinski definition) is 28. The van der Waals surface area contributed by atoms with Crippen LogP contribution in [0.2, 0.25) is 0 Å². The molecule has 3 fully saturated rings. The van der Waals surface area contributed by atoms with Crippen LogP contribution in [0.5, 0.6) is 5.75 Å². The summed E-state index contributed by atoms with van der Waals surface area (Å²) in [6.07, 6.45) is 4.53. The molecule has 5 atom stereocenters. The van der Waals surface area contributed by atoms with Crippen molar-refractivity contribution in [3.05, 3.63) is 81.4 Å². The van der Waals surface area contributed by atoms with E-state index in [0.29, 0.717) is 31.1 Å². The van der Waals surface area contributed by atoms with Gasteiger partial charge in [0.05, 0.1) is 44.5 Å². The van der Waals surface area contributed by atoms with Gasteiger partial charge in [-0.2, -0.15) is 4.72 Å². The maximum atomic E-state index is 13.7. The Labute approximate surface area is 556 Å². The first-order valence-corrected chi connectivity index (χ1v) is 38.4. The minimum absolute atomic E-state index is 0.0566. The van der Waals surface area contributed by atoms with E-state index in [0.717, 1.165) is 5.56 Å². The quantitative estimate of drug-likeness (QED) is 0.0258. The molecule has 3 aliphatic heterocycles. The molecule has 0 spiro atoms. The third-order valence-electron chi connectivity index (χ3n) is 14.9. The number of fused-ring (bicyclic) bond motifs is 8. The molecule has 4 bridgehead atoms. The van der Waals surface area contributed by atoms with E-state index < -0.39 is 156 Å². The Morgan fingerprint density at radius 3 is 1.82 bits per heavy atom. The van der Waals surface area contributed by atoms with Gasteiger partial charge in [-0.1, -0.05) is 6.07 Å². The minimum Gasteiger partial charge on any atom is -0.480 e. The van der Waals surface area contributed by atoms with Gasteiger partial charge in [-0.3, -0.25) is 28.8 Å². The number of ether oxygens (including phenoxy) is 1. The van der Waals surface area contributed by atoms with Gasteiger partial charge < -0.3 is 73.3 Å². The smallest absolute Gasteiger partial charge is 0.323 e. The monoisotopic (exact) mass is 1500 g/mol. The fourth-order valence-corrected chi connectivity index (χ4v) is 16.2. The van der Waals surface area contributed by atoms with Crippen LogP contribution in [0.25, 0.3) is 10.9 Å². The number of sulfonamides is 1. The van der Waals surface area contributed by atoms with Crippen LogP contribution in [0.4, 0.5) is 5.95 Å². The summed E-state index contributed by atoms with van der Waals surface area (Å²) in [4.78, 5) is 145. The molecule has 2 aromatic carbocycles. The fourth-order valence-electron chi connectivity index (χ4n) is 10.3. The summed E-state index contributed by atoms with van der Waals surface area (Å²) in [5, 5.41) is 25.0. The molecule has 522 valence electrons. The number of nitrogens with one attached hydrogen (secondary N) is 8. The largest absolute Gasteiger partial charge is 0.480 e. The topological polar surface area (TPSA) is 514 Å². The number of carbonyl (C=O) groups excluding carboxylic acids is 8. The van der Waals surface area contributed by atoms with E-state index in [4.69, 9.17) is 13.3 Å². The molecule has 5 amide bonds. The zero-order valence-corrected chi connectivity index (χ0v) is 57.6. The third-order valence-corrected chi connectivity index (χ3v) is 22.1. The van der Waals surface area contributed by atoms with Crippen molar-refractivity contribution in [1.29, 1.82) is 0 Å². The summed E-state index contributed by atoms with van der Waals surface area (Å²) in [6.45, 7) is 2.43. The summed E-state index contributed by atoms with van der Waals surface area (Å²) < 4.78 is 113. The SMILES string of the molecule is Cc1cc(OCCCC(=O)NCCNC(=O)C(CS(O)(O)O)NC(=O)C(CS(O)(O)O)NC(=O)CN2CCN3CCN4CCN(CC2)CC(=O)[O][In]([O]C(=O)C3)[O]C(=O)C4)cc(C)c1S(=O)(=O)NC(CNC(=O)c1cn(C)c2cc(CNc3ncc[nH]3)ccc2c1=O)C(=O)O. The Bertz CT molecular complexity index is 3580. The predicted octanol–water partition coefficient (Wildman–Crippen LogP) is -2.68. The van der Waals surface area contributed by atoms with Gasteiger partial charge in [-0.05, 0) is 61.2 Å². The Balaban J connectivity index is 0.864. The number of nitrogens with zero attached hydrogens (tertiary/aromatic N) is 6. The Kier molecular flexibility index (Phi) is 27.0. The van der Waals surface area contributed by atoms with Crippen LogP contribution in [-0.4, -0.2) is 286 Å². The molecule has 4 aromatic rings. The summed E-state index contributed by atoms with van der Waals surface area (Å²) in [5.74, 6) is -10.4. The zero-order valence-electron chi connectivity index (χ0n) is 51.8. The van der Waals surface area contributed by atoms with Crippen molar-refractivity contribution >= 4 is 125 Å². The number of hydrogen-bond donors (Lipinski definition) is 15. The number of carboxylic acid groups (broad SMARTS) is 1. The fraction of sp³-hybridized carbons (Fsp3) is 0.500. The van der Waals surface area contributed by atoms with E-state index in [9.17, 15) is 88.8 Å². The van der Waals surface area contributed by atoms with Crippen LogP contribution in [0, 0.1) is 13.8 Å². The summed E-state index contributed by atoms with van der Waals surface area (Å²) in [6, 6.07) is 1.94. The van der Waals surface area contributed by atoms with Gasteiger partial charge in [-0.25, -0.2) is 13.4 Å². The second-order valence-electron chi connectivity index (χ2n) is 22.5. The third kappa shape index (κ3) is 23.8. The molecule has 0 aliphatic carbocycles. The number of pyridine rings is 1. The van der Waals surface area contributed by atoms with E-state index in [1.54, 1.807) is 56.9 Å². The molecule has 5 unspecified atom stereocenters. The van der Waals surface area contributed by atoms with E-state index in [2.05, 4.69) is 46.6 Å². The zero-order chi connectivity index (χ0) is 69.4. The van der Waals surface area contributed by atoms with Crippen molar-refractivity contribution < 1.29 is 97.3 Å². The molecule has 0 radical (unpaired) electrons. The Morgan fingerprint density at radius 1 is 0.716 bits per heavy atom. The van der Waals surface area contributed by atoms with E-state index >= 15 is 0 Å². The molecule has 3 saturated heterocycles. The molecule has 7 rings (SSSR count). The van der Waals surface area contributed by atoms with Crippen LogP contribution in [-0.2, 0) is 70.5 Å². The van der Waals surface area contributed by atoms with Crippen LogP contribution < -0.4 is 46.8 Å². The molecule has 95 heavy (non-hydrogen) atoms. The number of carboxylic acids is 1. The van der Waals surface area contributed by atoms with Gasteiger partial charge in [-0.15, -0.1) is 0 Å². The van der Waals surface area contributed by atoms with Crippen LogP contribution in [0.1, 0.15) is 39.9 Å². The number of aromatic nitrogens is 3. The Hall–Kier alpha value is -7.23. The first-order valence-electron chi connectivity index (χ1n) is 29.5. The number of anilines is 1. The average molecular weight is 1500 g/mol. The number of aromatic amines is 1. The van der Waals surface area contributed by atoms with Crippen LogP contribution in [0.3, 0.4) is 0 Å². The van der Waals surface area contributed by atoms with Crippen LogP contribution in [0.15, 0.2) is 58.6 Å². The van der Waals surface area contributed by atoms with Gasteiger partial charge in [0, 0.05) is 63.6 Å². The first-order chi connectivity index (χ1) is 44.8. The second-order valence-corrected chi connectivity index (χ2v) is 31.0. The molecule has 2 aromatic heterocycles. The van der Waals surface area contributed by atoms with Crippen molar-refractivity contribution in [2.75, 3.05) is 122 Å². The second kappa shape index (κ2) is 34.1. The van der Waals surface area contributed by atoms with Crippen LogP contribution >= 0.6 is 21.7 Å². The van der Waals surface area contributed by atoms with Gasteiger partial charge >= 0.3 is 201 Å². The average Bonchev–Trinajstić information content (AvgIpc) is 1.03. The van der Waals surface area contributed by atoms with Gasteiger partial charge in [0.1, 0.15) is 23.4 Å². The first kappa shape index (κ1) is 75.2. The van der Waals surface area contributed by atoms with Crippen molar-refractivity contribution in [3.63, 3.8) is 0 Å². The number of aryl methyl sites for hydroxylation is 3. The summed E-state index contributed by atoms with van der Waals surface area (Å²) in [7, 11) is -12.0. The van der Waals surface area contributed by atoms with E-state index in [1.165, 1.54) is 32.2 Å². The molecule has 15 N–H and O–H groups in total. The molecule has 37 nitrogen and oxygen atoms in total. The summed E-state index contributed by atoms with van der Waals surface area (Å²) >= 11 is -4.41. The van der Waals surface area contributed by atoms with Crippen molar-refractivity contribution in [2.24, 2.45) is 7.05 Å². The molecular weight excluding hydrogens is 1420 g/mol. The van der Waals surface area contributed by atoms with Gasteiger partial charge in [0.2, 0.25) is 27.3 Å². The minimum atomic E-state index is -4.58. The predicted molar refractivity (Wildman–Crippen MR) is 340 cm³/mol. The number of carbonyl (C=O) groups is 9. The van der Waals surface area contributed by atoms with Crippen molar-refractivity contribution in [3.8, 4) is 5.75 Å². The molecule has 3 aliphatic rings. The maximum absolute atomic E-state index is 13.7. The van der Waals surface area contributed by atoms with E-state index in [-0.39, 0.29) is 124 Å². The standard InChI is InChI=1S/C54H80N14O23S3.In/c1-33-21-36(22-34(2)49(33)94(89,90)63-39(53(81)82)25-59-50(78)38-26-64(3)42-23-35(6-7-37(42)48(38)77)24-60-54-57-10-11-58-54)91-20-4-5-43(69)55-8-9-56-51(79)40(31-92(83,84)85)62-52(80)41(32-93(86,87)88)61-44(70)27-65-12-14-66(28-45(71)72)16-18-68(30-47(75)76)19-17-67(15-13-65)29-46(73)74;/h6-7,10-11,21-23,26,39-41,63,83-88H,4-5,8-9,12-20,24-25,27-32H2,1-3H3,(H,55,69)(H,56,79)(H,59,78)(H,61,70)(H,62,80)(H,71,72)(H,73,74)(H,75,76)(H,81,82)(H2,57,58,60);/q;+3/p-3. The maximum Gasteiger partial charge on any atom is 0.323 e. The number of aliphatic carboxylic acids is 1.